The highest BCUT2D eigenvalue weighted by molar-refractivity contribution is 6.00. The van der Waals surface area contributed by atoms with Gasteiger partial charge < -0.3 is 25.5 Å². The fraction of sp³-hybridized carbons (Fsp3) is 0.500. The van der Waals surface area contributed by atoms with Crippen molar-refractivity contribution in [2.75, 3.05) is 0 Å². The van der Waals surface area contributed by atoms with E-state index in [9.17, 15) is 14.4 Å². The first-order chi connectivity index (χ1) is 6.19. The number of carbonyl (C=O) groups is 3. The van der Waals surface area contributed by atoms with Crippen molar-refractivity contribution in [1.82, 2.24) is 0 Å². The van der Waals surface area contributed by atoms with Crippen molar-refractivity contribution in [3.05, 3.63) is 0 Å². The Balaban J connectivity index is 4.61. The van der Waals surface area contributed by atoms with Crippen LogP contribution in [0.4, 0.5) is 0 Å². The third kappa shape index (κ3) is 2.76. The number of carbonyl (C=O) groups excluding carboxylic acids is 1. The maximum atomic E-state index is 10.7. The Bertz CT molecular complexity index is 267. The van der Waals surface area contributed by atoms with Crippen LogP contribution in [0.2, 0.25) is 0 Å². The van der Waals surface area contributed by atoms with Gasteiger partial charge in [0.25, 0.3) is 5.79 Å². The van der Waals surface area contributed by atoms with Gasteiger partial charge in [-0.3, -0.25) is 9.59 Å². The maximum Gasteiger partial charge on any atom is 0.367 e. The van der Waals surface area contributed by atoms with E-state index in [2.05, 4.69) is 0 Å². The van der Waals surface area contributed by atoms with Crippen LogP contribution in [0.3, 0.4) is 0 Å². The molecule has 0 radical (unpaired) electrons. The molecule has 0 heterocycles. The van der Waals surface area contributed by atoms with E-state index in [1.807, 2.05) is 0 Å². The van der Waals surface area contributed by atoms with Gasteiger partial charge >= 0.3 is 11.9 Å². The average Bonchev–Trinajstić information content (AvgIpc) is 2.01. The molecule has 0 bridgehead atoms. The van der Waals surface area contributed by atoms with E-state index in [1.54, 1.807) is 0 Å². The van der Waals surface area contributed by atoms with Crippen LogP contribution in [-0.2, 0) is 14.4 Å². The molecule has 0 aliphatic rings. The van der Waals surface area contributed by atoms with Crippen molar-refractivity contribution in [1.29, 1.82) is 0 Å². The SMILES string of the molecule is O=C(O)CC(=O)C(O)C(O)(O)C(=O)O. The van der Waals surface area contributed by atoms with E-state index in [0.717, 1.165) is 0 Å². The molecule has 0 aliphatic carbocycles. The summed E-state index contributed by atoms with van der Waals surface area (Å²) in [6.07, 6.45) is -3.90. The minimum atomic E-state index is -3.67. The Hall–Kier alpha value is -1.51. The van der Waals surface area contributed by atoms with Crippen LogP contribution >= 0.6 is 0 Å². The molecule has 14 heavy (non-hydrogen) atoms. The normalized spacial score (nSPS) is 13.4. The van der Waals surface area contributed by atoms with Crippen LogP contribution in [0.5, 0.6) is 0 Å². The first-order valence-electron chi connectivity index (χ1n) is 3.30. The molecule has 8 heteroatoms. The number of Topliss-reactive ketones (excluding diaryl/α,β-unsaturated/α-hetero) is 1. The molecule has 0 aromatic heterocycles. The van der Waals surface area contributed by atoms with Gasteiger partial charge in [0.2, 0.25) is 0 Å². The lowest BCUT2D eigenvalue weighted by molar-refractivity contribution is -0.233. The number of aliphatic hydroxyl groups excluding tert-OH is 1. The number of rotatable bonds is 5. The summed E-state index contributed by atoms with van der Waals surface area (Å²) in [5.74, 6) is -9.05. The second kappa shape index (κ2) is 4.13. The number of carboxylic acid groups (broad SMARTS) is 2. The summed E-state index contributed by atoms with van der Waals surface area (Å²) in [6, 6.07) is 0. The van der Waals surface area contributed by atoms with Crippen molar-refractivity contribution in [2.24, 2.45) is 0 Å². The molecule has 0 aliphatic heterocycles. The predicted octanol–water partition coefficient (Wildman–Crippen LogP) is -2.84. The van der Waals surface area contributed by atoms with Gasteiger partial charge in [-0.1, -0.05) is 0 Å². The number of carboxylic acids is 2. The van der Waals surface area contributed by atoms with Crippen LogP contribution in [0, 0.1) is 0 Å². The van der Waals surface area contributed by atoms with E-state index < -0.39 is 36.0 Å². The highest BCUT2D eigenvalue weighted by atomic mass is 16.6. The first kappa shape index (κ1) is 12.5. The van der Waals surface area contributed by atoms with E-state index in [1.165, 1.54) is 0 Å². The van der Waals surface area contributed by atoms with Gasteiger partial charge in [0.15, 0.2) is 11.9 Å². The van der Waals surface area contributed by atoms with Crippen LogP contribution in [0.25, 0.3) is 0 Å². The molecule has 0 aromatic carbocycles. The zero-order valence-electron chi connectivity index (χ0n) is 6.75. The summed E-state index contributed by atoms with van der Waals surface area (Å²) in [5, 5.41) is 42.3. The molecular formula is C6H8O8. The van der Waals surface area contributed by atoms with E-state index in [0.29, 0.717) is 0 Å². The summed E-state index contributed by atoms with van der Waals surface area (Å²) in [4.78, 5) is 30.8. The van der Waals surface area contributed by atoms with Gasteiger partial charge in [0, 0.05) is 0 Å². The predicted molar refractivity (Wildman–Crippen MR) is 38.1 cm³/mol. The Morgan fingerprint density at radius 1 is 1.14 bits per heavy atom. The van der Waals surface area contributed by atoms with Crippen LogP contribution in [-0.4, -0.2) is 55.1 Å². The van der Waals surface area contributed by atoms with Crippen molar-refractivity contribution in [3.8, 4) is 0 Å². The Morgan fingerprint density at radius 3 is 1.86 bits per heavy atom. The molecule has 0 saturated heterocycles. The van der Waals surface area contributed by atoms with Gasteiger partial charge in [-0.05, 0) is 0 Å². The molecular weight excluding hydrogens is 200 g/mol. The monoisotopic (exact) mass is 208 g/mol. The smallest absolute Gasteiger partial charge is 0.367 e. The van der Waals surface area contributed by atoms with Crippen molar-refractivity contribution in [2.45, 2.75) is 18.3 Å². The summed E-state index contributed by atoms with van der Waals surface area (Å²) in [6.45, 7) is 0. The average molecular weight is 208 g/mol. The van der Waals surface area contributed by atoms with Crippen molar-refractivity contribution < 1.29 is 39.9 Å². The molecule has 0 fully saturated rings. The Kier molecular flexibility index (Phi) is 3.69. The summed E-state index contributed by atoms with van der Waals surface area (Å²) in [7, 11) is 0. The number of aliphatic carboxylic acids is 2. The molecule has 1 unspecified atom stereocenters. The van der Waals surface area contributed by atoms with E-state index >= 15 is 0 Å². The largest absolute Gasteiger partial charge is 0.481 e. The lowest BCUT2D eigenvalue weighted by Gasteiger charge is -2.20. The van der Waals surface area contributed by atoms with Crippen molar-refractivity contribution in [3.63, 3.8) is 0 Å². The second-order valence-electron chi connectivity index (χ2n) is 2.47. The number of hydrogen-bond donors (Lipinski definition) is 5. The third-order valence-electron chi connectivity index (χ3n) is 1.33. The molecule has 0 spiro atoms. The number of hydrogen-bond acceptors (Lipinski definition) is 6. The fourth-order valence-corrected chi connectivity index (χ4v) is 0.587. The molecule has 80 valence electrons. The lowest BCUT2D eigenvalue weighted by atomic mass is 10.0. The summed E-state index contributed by atoms with van der Waals surface area (Å²) >= 11 is 0. The molecule has 0 saturated carbocycles. The number of aliphatic hydroxyl groups is 3. The third-order valence-corrected chi connectivity index (χ3v) is 1.33. The molecule has 0 aromatic rings. The second-order valence-corrected chi connectivity index (χ2v) is 2.47. The van der Waals surface area contributed by atoms with Crippen LogP contribution in [0.1, 0.15) is 6.42 Å². The van der Waals surface area contributed by atoms with E-state index in [4.69, 9.17) is 25.5 Å². The van der Waals surface area contributed by atoms with Gasteiger partial charge in [-0.15, -0.1) is 0 Å². The first-order valence-corrected chi connectivity index (χ1v) is 3.30. The molecule has 5 N–H and O–H groups in total. The minimum absolute atomic E-state index is 1.20. The Labute approximate surface area is 77.0 Å². The Morgan fingerprint density at radius 2 is 1.57 bits per heavy atom. The topological polar surface area (TPSA) is 152 Å². The number of ketones is 1. The molecule has 8 nitrogen and oxygen atoms in total. The van der Waals surface area contributed by atoms with Gasteiger partial charge in [0.1, 0.15) is 6.42 Å². The highest BCUT2D eigenvalue weighted by Crippen LogP contribution is 2.09. The van der Waals surface area contributed by atoms with Gasteiger partial charge in [-0.25, -0.2) is 4.79 Å². The van der Waals surface area contributed by atoms with Crippen LogP contribution < -0.4 is 0 Å². The minimum Gasteiger partial charge on any atom is -0.481 e. The molecule has 0 amide bonds. The van der Waals surface area contributed by atoms with E-state index in [-0.39, 0.29) is 0 Å². The lowest BCUT2D eigenvalue weighted by Crippen LogP contribution is -2.53. The van der Waals surface area contributed by atoms with Gasteiger partial charge in [0.05, 0.1) is 0 Å². The highest BCUT2D eigenvalue weighted by Gasteiger charge is 2.46. The zero-order valence-corrected chi connectivity index (χ0v) is 6.75. The summed E-state index contributed by atoms with van der Waals surface area (Å²) in [5.41, 5.74) is 0. The molecule has 1 atom stereocenters. The molecule has 0 rings (SSSR count). The standard InChI is InChI=1S/C6H8O8/c7-2(1-3(8)9)4(10)6(13,14)5(11)12/h4,10,13-14H,1H2,(H,8,9)(H,11,12). The van der Waals surface area contributed by atoms with Gasteiger partial charge in [-0.2, -0.15) is 0 Å². The fourth-order valence-electron chi connectivity index (χ4n) is 0.587. The van der Waals surface area contributed by atoms with Crippen LogP contribution in [0.15, 0.2) is 0 Å². The van der Waals surface area contributed by atoms with Crippen molar-refractivity contribution >= 4 is 17.7 Å². The maximum absolute atomic E-state index is 10.7. The quantitative estimate of drug-likeness (QED) is 0.239. The zero-order chi connectivity index (χ0) is 11.5. The summed E-state index contributed by atoms with van der Waals surface area (Å²) < 4.78 is 0.